The van der Waals surface area contributed by atoms with Crippen LogP contribution < -0.4 is 5.32 Å². The Hall–Kier alpha value is -0.650. The monoisotopic (exact) mass is 258 g/mol. The first-order valence-corrected chi connectivity index (χ1v) is 6.60. The van der Waals surface area contributed by atoms with Crippen molar-refractivity contribution in [3.05, 3.63) is 0 Å². The molecular formula is C13H26N2O3. The quantitative estimate of drug-likeness (QED) is 0.670. The number of aliphatic hydroxyl groups excluding tert-OH is 1. The summed E-state index contributed by atoms with van der Waals surface area (Å²) >= 11 is 0. The Morgan fingerprint density at radius 2 is 2.06 bits per heavy atom. The number of methoxy groups -OCH3 is 1. The number of ether oxygens (including phenoxy) is 1. The fourth-order valence-corrected chi connectivity index (χ4v) is 2.58. The normalized spacial score (nSPS) is 28.4. The maximum atomic E-state index is 11.9. The second-order valence-corrected chi connectivity index (χ2v) is 5.33. The number of hydrogen-bond acceptors (Lipinski definition) is 4. The number of nitrogens with one attached hydrogen (secondary N) is 1. The maximum Gasteiger partial charge on any atom is 0.223 e. The van der Waals surface area contributed by atoms with E-state index >= 15 is 0 Å². The molecule has 1 aliphatic carbocycles. The van der Waals surface area contributed by atoms with Gasteiger partial charge in [-0.2, -0.15) is 0 Å². The van der Waals surface area contributed by atoms with Crippen LogP contribution in [0.5, 0.6) is 0 Å². The Kier molecular flexibility index (Phi) is 6.05. The third-order valence-electron chi connectivity index (χ3n) is 4.14. The molecular weight excluding hydrogens is 232 g/mol. The van der Waals surface area contributed by atoms with Gasteiger partial charge in [0.05, 0.1) is 13.2 Å². The van der Waals surface area contributed by atoms with Crippen molar-refractivity contribution in [1.29, 1.82) is 0 Å². The number of carbonyl (C=O) groups is 1. The highest BCUT2D eigenvalue weighted by Crippen LogP contribution is 2.35. The molecule has 0 heterocycles. The van der Waals surface area contributed by atoms with Crippen LogP contribution >= 0.6 is 0 Å². The van der Waals surface area contributed by atoms with Crippen LogP contribution in [-0.4, -0.2) is 62.4 Å². The van der Waals surface area contributed by atoms with Crippen molar-refractivity contribution in [3.63, 3.8) is 0 Å². The number of amides is 1. The first kappa shape index (κ1) is 15.4. The maximum absolute atomic E-state index is 11.9. The number of aliphatic hydroxyl groups is 1. The van der Waals surface area contributed by atoms with Crippen LogP contribution in [0.25, 0.3) is 0 Å². The Bertz CT molecular complexity index is 261. The molecule has 0 aromatic carbocycles. The van der Waals surface area contributed by atoms with Crippen LogP contribution in [-0.2, 0) is 9.53 Å². The third-order valence-corrected chi connectivity index (χ3v) is 4.14. The highest BCUT2D eigenvalue weighted by atomic mass is 16.5. The first-order chi connectivity index (χ1) is 8.55. The Labute approximate surface area is 109 Å². The van der Waals surface area contributed by atoms with Crippen LogP contribution in [0.2, 0.25) is 0 Å². The lowest BCUT2D eigenvalue weighted by Crippen LogP contribution is -2.51. The molecule has 5 nitrogen and oxygen atoms in total. The molecule has 0 atom stereocenters. The van der Waals surface area contributed by atoms with E-state index in [4.69, 9.17) is 4.74 Å². The van der Waals surface area contributed by atoms with Crippen LogP contribution in [0.15, 0.2) is 0 Å². The summed E-state index contributed by atoms with van der Waals surface area (Å²) < 4.78 is 4.91. The van der Waals surface area contributed by atoms with Crippen LogP contribution in [0, 0.1) is 5.92 Å². The van der Waals surface area contributed by atoms with Gasteiger partial charge >= 0.3 is 0 Å². The van der Waals surface area contributed by atoms with E-state index in [1.165, 1.54) is 0 Å². The van der Waals surface area contributed by atoms with Gasteiger partial charge in [0, 0.05) is 25.1 Å². The molecule has 18 heavy (non-hydrogen) atoms. The molecule has 0 aromatic rings. The summed E-state index contributed by atoms with van der Waals surface area (Å²) in [5.41, 5.74) is -0.136. The minimum atomic E-state index is -0.136. The summed E-state index contributed by atoms with van der Waals surface area (Å²) in [6.45, 7) is 1.29. The van der Waals surface area contributed by atoms with E-state index in [0.29, 0.717) is 13.2 Å². The highest BCUT2D eigenvalue weighted by molar-refractivity contribution is 5.78. The van der Waals surface area contributed by atoms with E-state index in [2.05, 4.69) is 10.2 Å². The average Bonchev–Trinajstić information content (AvgIpc) is 2.38. The average molecular weight is 258 g/mol. The second-order valence-electron chi connectivity index (χ2n) is 5.33. The van der Waals surface area contributed by atoms with E-state index in [1.807, 2.05) is 14.1 Å². The van der Waals surface area contributed by atoms with Crippen LogP contribution in [0.3, 0.4) is 0 Å². The molecule has 106 valence electrons. The van der Waals surface area contributed by atoms with Crippen LogP contribution in [0.4, 0.5) is 0 Å². The molecule has 0 bridgehead atoms. The van der Waals surface area contributed by atoms with Gasteiger partial charge in [-0.25, -0.2) is 0 Å². The van der Waals surface area contributed by atoms with E-state index < -0.39 is 0 Å². The molecule has 1 rings (SSSR count). The van der Waals surface area contributed by atoms with Crippen molar-refractivity contribution in [1.82, 2.24) is 10.2 Å². The molecule has 0 aromatic heterocycles. The van der Waals surface area contributed by atoms with Gasteiger partial charge in [-0.3, -0.25) is 4.79 Å². The lowest BCUT2D eigenvalue weighted by molar-refractivity contribution is -0.127. The molecule has 1 amide bonds. The van der Waals surface area contributed by atoms with Crippen molar-refractivity contribution < 1.29 is 14.6 Å². The minimum Gasteiger partial charge on any atom is -0.394 e. The standard InChI is InChI=1S/C13H26N2O3/c1-15(2)13(10-16)6-4-11(5-7-13)12(17)14-8-9-18-3/h11,16H,4-10H2,1-3H3,(H,14,17). The molecule has 1 saturated carbocycles. The molecule has 1 fully saturated rings. The van der Waals surface area contributed by atoms with Crippen LogP contribution in [0.1, 0.15) is 25.7 Å². The topological polar surface area (TPSA) is 61.8 Å². The molecule has 1 aliphatic rings. The zero-order chi connectivity index (χ0) is 13.6. The van der Waals surface area contributed by atoms with E-state index in [0.717, 1.165) is 25.7 Å². The zero-order valence-electron chi connectivity index (χ0n) is 11.7. The molecule has 5 heteroatoms. The minimum absolute atomic E-state index is 0.0847. The summed E-state index contributed by atoms with van der Waals surface area (Å²) in [6.07, 6.45) is 3.44. The number of likely N-dealkylation sites (N-methyl/N-ethyl adjacent to an activating group) is 1. The SMILES string of the molecule is COCCNC(=O)C1CCC(CO)(N(C)C)CC1. The number of nitrogens with zero attached hydrogens (tertiary/aromatic N) is 1. The summed E-state index contributed by atoms with van der Waals surface area (Å²) in [5.74, 6) is 0.207. The largest absolute Gasteiger partial charge is 0.394 e. The summed E-state index contributed by atoms with van der Waals surface area (Å²) in [4.78, 5) is 14.0. The zero-order valence-corrected chi connectivity index (χ0v) is 11.7. The molecule has 0 aliphatic heterocycles. The van der Waals surface area contributed by atoms with Crippen molar-refractivity contribution in [2.24, 2.45) is 5.92 Å². The highest BCUT2D eigenvalue weighted by Gasteiger charge is 2.38. The first-order valence-electron chi connectivity index (χ1n) is 6.60. The summed E-state index contributed by atoms with van der Waals surface area (Å²) in [7, 11) is 5.61. The van der Waals surface area contributed by atoms with Gasteiger partial charge in [0.1, 0.15) is 0 Å². The fraction of sp³-hybridized carbons (Fsp3) is 0.923. The predicted octanol–water partition coefficient (Wildman–Crippen LogP) is 0.232. The van der Waals surface area contributed by atoms with Gasteiger partial charge in [0.25, 0.3) is 0 Å². The van der Waals surface area contributed by atoms with Crippen molar-refractivity contribution in [2.75, 3.05) is 41.0 Å². The van der Waals surface area contributed by atoms with Crippen molar-refractivity contribution in [3.8, 4) is 0 Å². The number of rotatable bonds is 6. The molecule has 2 N–H and O–H groups in total. The van der Waals surface area contributed by atoms with Gasteiger partial charge in [-0.1, -0.05) is 0 Å². The van der Waals surface area contributed by atoms with E-state index in [1.54, 1.807) is 7.11 Å². The fourth-order valence-electron chi connectivity index (χ4n) is 2.58. The predicted molar refractivity (Wildman–Crippen MR) is 70.3 cm³/mol. The van der Waals surface area contributed by atoms with E-state index in [-0.39, 0.29) is 24.0 Å². The van der Waals surface area contributed by atoms with Crippen molar-refractivity contribution >= 4 is 5.91 Å². The Balaban J connectivity index is 2.40. The number of carbonyl (C=O) groups excluding carboxylic acids is 1. The van der Waals surface area contributed by atoms with Gasteiger partial charge in [0.15, 0.2) is 0 Å². The smallest absolute Gasteiger partial charge is 0.223 e. The summed E-state index contributed by atoms with van der Waals surface area (Å²) in [6, 6.07) is 0. The Morgan fingerprint density at radius 1 is 1.44 bits per heavy atom. The van der Waals surface area contributed by atoms with Crippen molar-refractivity contribution in [2.45, 2.75) is 31.2 Å². The third kappa shape index (κ3) is 3.67. The number of hydrogen-bond donors (Lipinski definition) is 2. The molecule has 0 radical (unpaired) electrons. The van der Waals surface area contributed by atoms with E-state index in [9.17, 15) is 9.90 Å². The second kappa shape index (κ2) is 7.07. The molecule has 0 unspecified atom stereocenters. The molecule has 0 spiro atoms. The van der Waals surface area contributed by atoms with Gasteiger partial charge < -0.3 is 20.1 Å². The summed E-state index contributed by atoms with van der Waals surface area (Å²) in [5, 5.41) is 12.4. The lowest BCUT2D eigenvalue weighted by Gasteiger charge is -2.43. The van der Waals surface area contributed by atoms with Gasteiger partial charge in [0.2, 0.25) is 5.91 Å². The van der Waals surface area contributed by atoms with Gasteiger partial charge in [-0.15, -0.1) is 0 Å². The Morgan fingerprint density at radius 3 is 2.50 bits per heavy atom. The molecule has 0 saturated heterocycles. The lowest BCUT2D eigenvalue weighted by atomic mass is 9.76. The van der Waals surface area contributed by atoms with Gasteiger partial charge in [-0.05, 0) is 39.8 Å².